The van der Waals surface area contributed by atoms with Crippen LogP contribution in [0.3, 0.4) is 0 Å². The highest BCUT2D eigenvalue weighted by Gasteiger charge is 2.07. The minimum atomic E-state index is -0.509. The largest absolute Gasteiger partial charge is 0.378 e. The van der Waals surface area contributed by atoms with Crippen LogP contribution in [0.2, 0.25) is 0 Å². The summed E-state index contributed by atoms with van der Waals surface area (Å²) >= 11 is 1.50. The van der Waals surface area contributed by atoms with Gasteiger partial charge in [-0.15, -0.1) is 11.3 Å². The van der Waals surface area contributed by atoms with E-state index < -0.39 is 5.82 Å². The van der Waals surface area contributed by atoms with E-state index in [1.165, 1.54) is 17.4 Å². The molecule has 0 spiro atoms. The second-order valence-electron chi connectivity index (χ2n) is 3.11. The van der Waals surface area contributed by atoms with E-state index in [4.69, 9.17) is 5.26 Å². The molecule has 0 saturated heterocycles. The molecule has 0 aliphatic heterocycles. The molecule has 16 heavy (non-hydrogen) atoms. The molecule has 1 aromatic heterocycles. The molecule has 0 saturated carbocycles. The van der Waals surface area contributed by atoms with Crippen molar-refractivity contribution in [3.8, 4) is 6.07 Å². The van der Waals surface area contributed by atoms with Gasteiger partial charge in [-0.05, 0) is 12.1 Å². The molecule has 0 unspecified atom stereocenters. The standard InChI is InChI=1S/C11H8FN3S/c12-10-2-1-3-11(9(10)4-13)14-5-8-6-16-7-15-8/h1-3,6-7,14H,5H2. The van der Waals surface area contributed by atoms with Crippen molar-refractivity contribution in [2.75, 3.05) is 5.32 Å². The van der Waals surface area contributed by atoms with E-state index in [0.717, 1.165) is 5.69 Å². The summed E-state index contributed by atoms with van der Waals surface area (Å²) in [6, 6.07) is 6.35. The van der Waals surface area contributed by atoms with Gasteiger partial charge >= 0.3 is 0 Å². The highest BCUT2D eigenvalue weighted by atomic mass is 32.1. The van der Waals surface area contributed by atoms with Crippen molar-refractivity contribution in [2.24, 2.45) is 0 Å². The van der Waals surface area contributed by atoms with Crippen LogP contribution in [-0.2, 0) is 6.54 Å². The molecule has 2 aromatic rings. The Balaban J connectivity index is 2.16. The zero-order chi connectivity index (χ0) is 11.4. The number of halogens is 1. The molecule has 3 nitrogen and oxygen atoms in total. The predicted molar refractivity (Wildman–Crippen MR) is 60.6 cm³/mol. The fourth-order valence-electron chi connectivity index (χ4n) is 1.30. The van der Waals surface area contributed by atoms with Crippen LogP contribution in [0.25, 0.3) is 0 Å². The Hall–Kier alpha value is -1.93. The predicted octanol–water partition coefficient (Wildman–Crippen LogP) is 2.77. The number of hydrogen-bond donors (Lipinski definition) is 1. The summed E-state index contributed by atoms with van der Waals surface area (Å²) in [6.45, 7) is 0.488. The van der Waals surface area contributed by atoms with Gasteiger partial charge in [-0.3, -0.25) is 0 Å². The molecule has 0 aliphatic carbocycles. The molecule has 0 fully saturated rings. The van der Waals surface area contributed by atoms with E-state index >= 15 is 0 Å². The van der Waals surface area contributed by atoms with Crippen LogP contribution in [0.5, 0.6) is 0 Å². The number of benzene rings is 1. The van der Waals surface area contributed by atoms with Gasteiger partial charge < -0.3 is 5.32 Å². The van der Waals surface area contributed by atoms with E-state index in [1.807, 2.05) is 11.4 Å². The van der Waals surface area contributed by atoms with Gasteiger partial charge in [0.2, 0.25) is 0 Å². The van der Waals surface area contributed by atoms with E-state index in [-0.39, 0.29) is 5.56 Å². The van der Waals surface area contributed by atoms with Gasteiger partial charge in [-0.25, -0.2) is 9.37 Å². The van der Waals surface area contributed by atoms with Gasteiger partial charge in [0.25, 0.3) is 0 Å². The number of nitrogens with zero attached hydrogens (tertiary/aromatic N) is 2. The summed E-state index contributed by atoms with van der Waals surface area (Å²) in [6.07, 6.45) is 0. The summed E-state index contributed by atoms with van der Waals surface area (Å²) < 4.78 is 13.2. The third kappa shape index (κ3) is 2.18. The summed E-state index contributed by atoms with van der Waals surface area (Å²) in [5, 5.41) is 13.7. The first kappa shape index (κ1) is 10.6. The first-order valence-corrected chi connectivity index (χ1v) is 5.55. The molecule has 0 radical (unpaired) electrons. The van der Waals surface area contributed by atoms with Crippen LogP contribution in [0, 0.1) is 17.1 Å². The summed E-state index contributed by atoms with van der Waals surface area (Å²) in [5.74, 6) is -0.509. The minimum Gasteiger partial charge on any atom is -0.378 e. The molecule has 0 atom stereocenters. The van der Waals surface area contributed by atoms with Crippen LogP contribution in [0.15, 0.2) is 29.1 Å². The van der Waals surface area contributed by atoms with Crippen LogP contribution in [0.1, 0.15) is 11.3 Å². The molecule has 5 heteroatoms. The lowest BCUT2D eigenvalue weighted by atomic mass is 10.2. The SMILES string of the molecule is N#Cc1c(F)cccc1NCc1cscn1. The lowest BCUT2D eigenvalue weighted by molar-refractivity contribution is 0.624. The average molecular weight is 233 g/mol. The maximum atomic E-state index is 13.2. The molecule has 0 aliphatic rings. The zero-order valence-corrected chi connectivity index (χ0v) is 9.09. The maximum absolute atomic E-state index is 13.2. The average Bonchev–Trinajstić information content (AvgIpc) is 2.79. The molecular weight excluding hydrogens is 225 g/mol. The second kappa shape index (κ2) is 4.73. The number of anilines is 1. The Morgan fingerprint density at radius 1 is 1.50 bits per heavy atom. The van der Waals surface area contributed by atoms with Crippen molar-refractivity contribution >= 4 is 17.0 Å². The number of nitrogens with one attached hydrogen (secondary N) is 1. The van der Waals surface area contributed by atoms with Gasteiger partial charge in [0.1, 0.15) is 17.4 Å². The van der Waals surface area contributed by atoms with Crippen molar-refractivity contribution in [1.82, 2.24) is 4.98 Å². The van der Waals surface area contributed by atoms with E-state index in [0.29, 0.717) is 12.2 Å². The van der Waals surface area contributed by atoms with Gasteiger partial charge in [-0.2, -0.15) is 5.26 Å². The number of nitriles is 1. The Kier molecular flexibility index (Phi) is 3.13. The minimum absolute atomic E-state index is 0.0396. The number of thiazole rings is 1. The lowest BCUT2D eigenvalue weighted by Crippen LogP contribution is -2.02. The summed E-state index contributed by atoms with van der Waals surface area (Å²) in [4.78, 5) is 4.09. The Morgan fingerprint density at radius 3 is 3.06 bits per heavy atom. The fraction of sp³-hybridized carbons (Fsp3) is 0.0909. The molecule has 1 heterocycles. The lowest BCUT2D eigenvalue weighted by Gasteiger charge is -2.06. The van der Waals surface area contributed by atoms with E-state index in [2.05, 4.69) is 10.3 Å². The molecule has 1 N–H and O–H groups in total. The second-order valence-corrected chi connectivity index (χ2v) is 3.83. The third-order valence-corrected chi connectivity index (χ3v) is 2.70. The first-order chi connectivity index (χ1) is 7.81. The highest BCUT2D eigenvalue weighted by molar-refractivity contribution is 7.07. The quantitative estimate of drug-likeness (QED) is 0.886. The van der Waals surface area contributed by atoms with E-state index in [9.17, 15) is 4.39 Å². The first-order valence-electron chi connectivity index (χ1n) is 4.61. The van der Waals surface area contributed by atoms with Crippen molar-refractivity contribution in [3.63, 3.8) is 0 Å². The van der Waals surface area contributed by atoms with Crippen molar-refractivity contribution in [1.29, 1.82) is 5.26 Å². The molecule has 80 valence electrons. The Bertz CT molecular complexity index is 517. The van der Waals surface area contributed by atoms with Crippen LogP contribution in [0.4, 0.5) is 10.1 Å². The zero-order valence-electron chi connectivity index (χ0n) is 8.27. The normalized spacial score (nSPS) is 9.75. The monoisotopic (exact) mass is 233 g/mol. The topological polar surface area (TPSA) is 48.7 Å². The molecular formula is C11H8FN3S. The molecule has 2 rings (SSSR count). The van der Waals surface area contributed by atoms with Crippen molar-refractivity contribution in [3.05, 3.63) is 46.2 Å². The summed E-state index contributed by atoms with van der Waals surface area (Å²) in [5.41, 5.74) is 3.14. The van der Waals surface area contributed by atoms with Gasteiger partial charge in [0.15, 0.2) is 0 Å². The third-order valence-electron chi connectivity index (χ3n) is 2.07. The van der Waals surface area contributed by atoms with Crippen molar-refractivity contribution < 1.29 is 4.39 Å². The number of aromatic nitrogens is 1. The smallest absolute Gasteiger partial charge is 0.143 e. The molecule has 1 aromatic carbocycles. The van der Waals surface area contributed by atoms with E-state index in [1.54, 1.807) is 17.6 Å². The fourth-order valence-corrected chi connectivity index (χ4v) is 1.85. The number of rotatable bonds is 3. The van der Waals surface area contributed by atoms with Crippen LogP contribution < -0.4 is 5.32 Å². The highest BCUT2D eigenvalue weighted by Crippen LogP contribution is 2.18. The Morgan fingerprint density at radius 2 is 2.38 bits per heavy atom. The van der Waals surface area contributed by atoms with Gasteiger partial charge in [0, 0.05) is 5.38 Å². The number of hydrogen-bond acceptors (Lipinski definition) is 4. The maximum Gasteiger partial charge on any atom is 0.143 e. The molecule has 0 amide bonds. The van der Waals surface area contributed by atoms with Crippen LogP contribution >= 0.6 is 11.3 Å². The Labute approximate surface area is 96.2 Å². The summed E-state index contributed by atoms with van der Waals surface area (Å²) in [7, 11) is 0. The molecule has 0 bridgehead atoms. The van der Waals surface area contributed by atoms with Gasteiger partial charge in [-0.1, -0.05) is 6.07 Å². The van der Waals surface area contributed by atoms with Crippen LogP contribution in [-0.4, -0.2) is 4.98 Å². The van der Waals surface area contributed by atoms with Gasteiger partial charge in [0.05, 0.1) is 23.4 Å². The van der Waals surface area contributed by atoms with Crippen molar-refractivity contribution in [2.45, 2.75) is 6.54 Å².